The van der Waals surface area contributed by atoms with Gasteiger partial charge in [-0.1, -0.05) is 15.9 Å². The van der Waals surface area contributed by atoms with Gasteiger partial charge < -0.3 is 0 Å². The van der Waals surface area contributed by atoms with E-state index in [1.54, 1.807) is 10.8 Å². The summed E-state index contributed by atoms with van der Waals surface area (Å²) >= 11 is 8.87. The summed E-state index contributed by atoms with van der Waals surface area (Å²) in [5, 5.41) is 1.03. The molecule has 0 aliphatic heterocycles. The molecule has 0 aliphatic rings. The van der Waals surface area contributed by atoms with Crippen LogP contribution in [0.1, 0.15) is 4.79 Å². The summed E-state index contributed by atoms with van der Waals surface area (Å²) in [5.41, 5.74) is 0.888. The van der Waals surface area contributed by atoms with E-state index in [9.17, 15) is 4.79 Å². The van der Waals surface area contributed by atoms with Gasteiger partial charge in [-0.05, 0) is 24.3 Å². The maximum absolute atomic E-state index is 11.4. The molecule has 0 saturated carbocycles. The van der Waals surface area contributed by atoms with Crippen LogP contribution in [-0.4, -0.2) is 16.4 Å². The van der Waals surface area contributed by atoms with Gasteiger partial charge in [-0.3, -0.25) is 9.36 Å². The van der Waals surface area contributed by atoms with E-state index in [1.807, 2.05) is 24.3 Å². The van der Waals surface area contributed by atoms with Gasteiger partial charge in [0, 0.05) is 16.1 Å². The highest BCUT2D eigenvalue weighted by atomic mass is 79.9. The number of hydrogen-bond acceptors (Lipinski definition) is 1. The molecule has 72 valence electrons. The van der Waals surface area contributed by atoms with Crippen molar-refractivity contribution in [1.82, 2.24) is 4.57 Å². The quantitative estimate of drug-likeness (QED) is 0.730. The Labute approximate surface area is 94.6 Å². The lowest BCUT2D eigenvalue weighted by Gasteiger charge is -2.00. The van der Waals surface area contributed by atoms with Crippen molar-refractivity contribution < 1.29 is 4.79 Å². The van der Waals surface area contributed by atoms with Crippen LogP contribution >= 0.6 is 27.5 Å². The average Bonchev–Trinajstić information content (AvgIpc) is 2.59. The molecule has 4 heteroatoms. The van der Waals surface area contributed by atoms with Crippen molar-refractivity contribution in [3.05, 3.63) is 34.9 Å². The van der Waals surface area contributed by atoms with E-state index in [2.05, 4.69) is 15.9 Å². The predicted molar refractivity (Wildman–Crippen MR) is 61.0 cm³/mol. The molecule has 1 heterocycles. The normalized spacial score (nSPS) is 10.7. The fraction of sp³-hybridized carbons (Fsp3) is 0.100. The molecule has 2 nitrogen and oxygen atoms in total. The van der Waals surface area contributed by atoms with Gasteiger partial charge in [0.25, 0.3) is 0 Å². The second kappa shape index (κ2) is 3.75. The Kier molecular flexibility index (Phi) is 2.61. The first-order valence-electron chi connectivity index (χ1n) is 4.08. The average molecular weight is 273 g/mol. The Balaban J connectivity index is 2.64. The van der Waals surface area contributed by atoms with Gasteiger partial charge in [-0.15, -0.1) is 11.6 Å². The lowest BCUT2D eigenvalue weighted by Crippen LogP contribution is -2.09. The fourth-order valence-corrected chi connectivity index (χ4v) is 1.90. The Morgan fingerprint density at radius 1 is 1.43 bits per heavy atom. The number of rotatable bonds is 1. The molecule has 0 aliphatic carbocycles. The van der Waals surface area contributed by atoms with Crippen LogP contribution in [0, 0.1) is 0 Å². The van der Waals surface area contributed by atoms with Gasteiger partial charge in [0.1, 0.15) is 5.88 Å². The first-order chi connectivity index (χ1) is 6.72. The Bertz CT molecular complexity index is 492. The molecule has 0 amide bonds. The number of carbonyl (C=O) groups excluding carboxylic acids is 1. The molecule has 14 heavy (non-hydrogen) atoms. The molecule has 0 spiro atoms. The fourth-order valence-electron chi connectivity index (χ4n) is 1.40. The van der Waals surface area contributed by atoms with E-state index in [4.69, 9.17) is 11.6 Å². The smallest absolute Gasteiger partial charge is 0.245 e. The van der Waals surface area contributed by atoms with E-state index in [0.717, 1.165) is 15.4 Å². The number of fused-ring (bicyclic) bond motifs is 1. The number of halogens is 2. The minimum atomic E-state index is -0.107. The maximum Gasteiger partial charge on any atom is 0.245 e. The third-order valence-electron chi connectivity index (χ3n) is 2.04. The molecule has 1 aromatic carbocycles. The molecule has 0 N–H and O–H groups in total. The molecule has 0 unspecified atom stereocenters. The number of carbonyl (C=O) groups is 1. The van der Waals surface area contributed by atoms with Crippen LogP contribution in [0.25, 0.3) is 10.9 Å². The van der Waals surface area contributed by atoms with E-state index in [1.165, 1.54) is 0 Å². The minimum Gasteiger partial charge on any atom is -0.286 e. The molecule has 0 bridgehead atoms. The second-order valence-corrected chi connectivity index (χ2v) is 4.10. The summed E-state index contributed by atoms with van der Waals surface area (Å²) in [7, 11) is 0. The van der Waals surface area contributed by atoms with Gasteiger partial charge >= 0.3 is 0 Å². The van der Waals surface area contributed by atoms with Gasteiger partial charge in [0.15, 0.2) is 0 Å². The minimum absolute atomic E-state index is 0.000155. The first kappa shape index (κ1) is 9.74. The summed E-state index contributed by atoms with van der Waals surface area (Å²) in [4.78, 5) is 11.4. The largest absolute Gasteiger partial charge is 0.286 e. The molecule has 0 saturated heterocycles. The summed E-state index contributed by atoms with van der Waals surface area (Å²) < 4.78 is 2.57. The lowest BCUT2D eigenvalue weighted by molar-refractivity contribution is 0.0945. The van der Waals surface area contributed by atoms with Crippen molar-refractivity contribution in [3.8, 4) is 0 Å². The highest BCUT2D eigenvalue weighted by Gasteiger charge is 2.06. The van der Waals surface area contributed by atoms with Crippen LogP contribution < -0.4 is 0 Å². The molecule has 1 aromatic heterocycles. The maximum atomic E-state index is 11.4. The van der Waals surface area contributed by atoms with Crippen molar-refractivity contribution in [2.75, 3.05) is 5.88 Å². The molecule has 2 rings (SSSR count). The van der Waals surface area contributed by atoms with Crippen molar-refractivity contribution in [2.45, 2.75) is 0 Å². The summed E-state index contributed by atoms with van der Waals surface area (Å²) in [6, 6.07) is 7.65. The summed E-state index contributed by atoms with van der Waals surface area (Å²) in [6.45, 7) is 0. The van der Waals surface area contributed by atoms with Crippen molar-refractivity contribution in [1.29, 1.82) is 0 Å². The van der Waals surface area contributed by atoms with E-state index < -0.39 is 0 Å². The monoisotopic (exact) mass is 271 g/mol. The molecular formula is C10H7BrClNO. The summed E-state index contributed by atoms with van der Waals surface area (Å²) in [5.74, 6) is -0.108. The number of hydrogen-bond donors (Lipinski definition) is 0. The summed E-state index contributed by atoms with van der Waals surface area (Å²) in [6.07, 6.45) is 1.74. The second-order valence-electron chi connectivity index (χ2n) is 2.92. The van der Waals surface area contributed by atoms with Gasteiger partial charge in [-0.25, -0.2) is 0 Å². The number of benzene rings is 1. The van der Waals surface area contributed by atoms with E-state index in [-0.39, 0.29) is 11.8 Å². The highest BCUT2D eigenvalue weighted by Crippen LogP contribution is 2.20. The molecule has 0 atom stereocenters. The van der Waals surface area contributed by atoms with Crippen molar-refractivity contribution >= 4 is 44.3 Å². The topological polar surface area (TPSA) is 22.0 Å². The Hall–Kier alpha value is -0.800. The zero-order valence-corrected chi connectivity index (χ0v) is 9.55. The molecule has 0 radical (unpaired) electrons. The molecule has 0 fully saturated rings. The predicted octanol–water partition coefficient (Wildman–Crippen LogP) is 3.28. The van der Waals surface area contributed by atoms with Gasteiger partial charge in [0.2, 0.25) is 5.91 Å². The van der Waals surface area contributed by atoms with Crippen LogP contribution in [0.15, 0.2) is 34.9 Å². The zero-order valence-electron chi connectivity index (χ0n) is 7.21. The van der Waals surface area contributed by atoms with Gasteiger partial charge in [0.05, 0.1) is 5.52 Å². The van der Waals surface area contributed by atoms with Crippen LogP contribution in [-0.2, 0) is 0 Å². The van der Waals surface area contributed by atoms with Crippen LogP contribution in [0.5, 0.6) is 0 Å². The first-order valence-corrected chi connectivity index (χ1v) is 5.41. The van der Waals surface area contributed by atoms with E-state index >= 15 is 0 Å². The van der Waals surface area contributed by atoms with Crippen LogP contribution in [0.4, 0.5) is 0 Å². The van der Waals surface area contributed by atoms with E-state index in [0.29, 0.717) is 0 Å². The number of nitrogens with zero attached hydrogens (tertiary/aromatic N) is 1. The third kappa shape index (κ3) is 1.57. The van der Waals surface area contributed by atoms with Gasteiger partial charge in [-0.2, -0.15) is 0 Å². The SMILES string of the molecule is O=C(CCl)n1ccc2cc(Br)ccc21. The third-order valence-corrected chi connectivity index (χ3v) is 2.76. The highest BCUT2D eigenvalue weighted by molar-refractivity contribution is 9.10. The molecule has 2 aromatic rings. The molecular weight excluding hydrogens is 265 g/mol. The standard InChI is InChI=1S/C10H7BrClNO/c11-8-1-2-9-7(5-8)3-4-13(9)10(14)6-12/h1-5H,6H2. The Morgan fingerprint density at radius 3 is 2.93 bits per heavy atom. The lowest BCUT2D eigenvalue weighted by atomic mass is 10.2. The number of alkyl halides is 1. The number of aromatic nitrogens is 1. The van der Waals surface area contributed by atoms with Crippen LogP contribution in [0.3, 0.4) is 0 Å². The van der Waals surface area contributed by atoms with Crippen molar-refractivity contribution in [2.24, 2.45) is 0 Å². The van der Waals surface area contributed by atoms with Crippen LogP contribution in [0.2, 0.25) is 0 Å². The van der Waals surface area contributed by atoms with Crippen molar-refractivity contribution in [3.63, 3.8) is 0 Å². The Morgan fingerprint density at radius 2 is 2.21 bits per heavy atom. The zero-order chi connectivity index (χ0) is 10.1.